The van der Waals surface area contributed by atoms with Crippen molar-refractivity contribution in [1.29, 1.82) is 0 Å². The standard InChI is InChI=1S/C27H27FN4O2S/c1-2-3-9-31-10-12-32(13-11-31)24-8-7-19(16-22(24)28)20-5-4-6-23-21(20)14-18(17-29-23)15-25-26(33)30-27(34)35-25/h4-8,14-17H,2-3,9-13H2,1H3,(H,30,33,34). The zero-order valence-corrected chi connectivity index (χ0v) is 20.4. The van der Waals surface area contributed by atoms with Gasteiger partial charge in [-0.1, -0.05) is 31.5 Å². The van der Waals surface area contributed by atoms with E-state index in [4.69, 9.17) is 0 Å². The molecule has 2 aromatic carbocycles. The highest BCUT2D eigenvalue weighted by Gasteiger charge is 2.25. The largest absolute Gasteiger partial charge is 0.367 e. The molecule has 0 unspecified atom stereocenters. The zero-order valence-electron chi connectivity index (χ0n) is 19.6. The Labute approximate surface area is 208 Å². The van der Waals surface area contributed by atoms with Gasteiger partial charge in [-0.25, -0.2) is 4.39 Å². The Balaban J connectivity index is 1.41. The smallest absolute Gasteiger partial charge is 0.290 e. The summed E-state index contributed by atoms with van der Waals surface area (Å²) < 4.78 is 15.3. The van der Waals surface area contributed by atoms with Crippen molar-refractivity contribution >= 4 is 45.6 Å². The molecule has 5 rings (SSSR count). The average molecular weight is 491 g/mol. The number of hydrogen-bond acceptors (Lipinski definition) is 6. The van der Waals surface area contributed by atoms with Gasteiger partial charge >= 0.3 is 0 Å². The molecule has 1 N–H and O–H groups in total. The quantitative estimate of drug-likeness (QED) is 0.474. The SMILES string of the molecule is CCCCN1CCN(c2ccc(-c3cccc4ncc(C=C5SC(=O)NC5=O)cc34)cc2F)CC1. The third-order valence-electron chi connectivity index (χ3n) is 6.49. The van der Waals surface area contributed by atoms with Crippen LogP contribution in [0.15, 0.2) is 53.6 Å². The first-order valence-corrected chi connectivity index (χ1v) is 12.7. The summed E-state index contributed by atoms with van der Waals surface area (Å²) in [6, 6.07) is 13.1. The number of piperazine rings is 1. The molecule has 180 valence electrons. The number of amides is 2. The summed E-state index contributed by atoms with van der Waals surface area (Å²) in [4.78, 5) is 32.8. The van der Waals surface area contributed by atoms with Crippen LogP contribution in [0.2, 0.25) is 0 Å². The second-order valence-corrected chi connectivity index (χ2v) is 9.86. The van der Waals surface area contributed by atoms with Crippen molar-refractivity contribution < 1.29 is 14.0 Å². The van der Waals surface area contributed by atoms with E-state index in [1.54, 1.807) is 18.3 Å². The molecule has 0 atom stereocenters. The molecular weight excluding hydrogens is 463 g/mol. The predicted molar refractivity (Wildman–Crippen MR) is 140 cm³/mol. The molecule has 0 aliphatic carbocycles. The third kappa shape index (κ3) is 5.09. The molecule has 3 heterocycles. The van der Waals surface area contributed by atoms with E-state index < -0.39 is 5.91 Å². The summed E-state index contributed by atoms with van der Waals surface area (Å²) in [5, 5.41) is 2.73. The maximum atomic E-state index is 15.3. The van der Waals surface area contributed by atoms with Gasteiger partial charge in [0.05, 0.1) is 16.1 Å². The molecule has 6 nitrogen and oxygen atoms in total. The number of fused-ring (bicyclic) bond motifs is 1. The first-order chi connectivity index (χ1) is 17.0. The minimum atomic E-state index is -0.405. The molecule has 2 fully saturated rings. The van der Waals surface area contributed by atoms with Gasteiger partial charge in [0.1, 0.15) is 5.82 Å². The number of aromatic nitrogens is 1. The van der Waals surface area contributed by atoms with Gasteiger partial charge in [0, 0.05) is 37.8 Å². The summed E-state index contributed by atoms with van der Waals surface area (Å²) in [6.45, 7) is 6.87. The summed E-state index contributed by atoms with van der Waals surface area (Å²) in [6.07, 6.45) is 5.70. The van der Waals surface area contributed by atoms with Crippen LogP contribution < -0.4 is 10.2 Å². The van der Waals surface area contributed by atoms with Crippen LogP contribution in [0.3, 0.4) is 0 Å². The van der Waals surface area contributed by atoms with E-state index in [9.17, 15) is 9.59 Å². The van der Waals surface area contributed by atoms with Crippen molar-refractivity contribution in [3.63, 3.8) is 0 Å². The van der Waals surface area contributed by atoms with E-state index >= 15 is 4.39 Å². The number of unbranched alkanes of at least 4 members (excludes halogenated alkanes) is 1. The molecule has 2 aliphatic rings. The lowest BCUT2D eigenvalue weighted by atomic mass is 9.99. The number of carbonyl (C=O) groups excluding carboxylic acids is 2. The van der Waals surface area contributed by atoms with Gasteiger partial charge in [0.25, 0.3) is 11.1 Å². The highest BCUT2D eigenvalue weighted by Crippen LogP contribution is 2.33. The minimum absolute atomic E-state index is 0.231. The second kappa shape index (κ2) is 10.2. The van der Waals surface area contributed by atoms with E-state index in [1.165, 1.54) is 12.8 Å². The fourth-order valence-corrected chi connectivity index (χ4v) is 5.28. The van der Waals surface area contributed by atoms with Crippen molar-refractivity contribution in [2.75, 3.05) is 37.6 Å². The molecule has 0 saturated carbocycles. The van der Waals surface area contributed by atoms with Gasteiger partial charge in [0.2, 0.25) is 0 Å². The van der Waals surface area contributed by atoms with E-state index in [2.05, 4.69) is 27.0 Å². The van der Waals surface area contributed by atoms with E-state index in [0.29, 0.717) is 16.2 Å². The van der Waals surface area contributed by atoms with Crippen molar-refractivity contribution in [2.45, 2.75) is 19.8 Å². The van der Waals surface area contributed by atoms with E-state index in [0.717, 1.165) is 66.5 Å². The number of thioether (sulfide) groups is 1. The Morgan fingerprint density at radius 3 is 2.66 bits per heavy atom. The number of hydrogen-bond donors (Lipinski definition) is 1. The van der Waals surface area contributed by atoms with Crippen LogP contribution in [-0.2, 0) is 4.79 Å². The predicted octanol–water partition coefficient (Wildman–Crippen LogP) is 5.29. The van der Waals surface area contributed by atoms with E-state index in [1.807, 2.05) is 36.4 Å². The normalized spacial score (nSPS) is 18.0. The Morgan fingerprint density at radius 1 is 1.11 bits per heavy atom. The first-order valence-electron chi connectivity index (χ1n) is 11.9. The molecule has 8 heteroatoms. The Morgan fingerprint density at radius 2 is 1.94 bits per heavy atom. The lowest BCUT2D eigenvalue weighted by molar-refractivity contribution is -0.115. The number of nitrogens with zero attached hydrogens (tertiary/aromatic N) is 3. The molecular formula is C27H27FN4O2S. The van der Waals surface area contributed by atoms with Crippen molar-refractivity contribution in [1.82, 2.24) is 15.2 Å². The summed E-state index contributed by atoms with van der Waals surface area (Å²) in [7, 11) is 0. The van der Waals surface area contributed by atoms with Crippen molar-refractivity contribution in [3.8, 4) is 11.1 Å². The highest BCUT2D eigenvalue weighted by atomic mass is 32.2. The summed E-state index contributed by atoms with van der Waals surface area (Å²) in [5.74, 6) is -0.637. The van der Waals surface area contributed by atoms with Crippen LogP contribution in [0, 0.1) is 5.82 Å². The molecule has 3 aromatic rings. The molecule has 0 spiro atoms. The molecule has 2 aliphatic heterocycles. The van der Waals surface area contributed by atoms with Crippen LogP contribution >= 0.6 is 11.8 Å². The maximum Gasteiger partial charge on any atom is 0.290 e. The lowest BCUT2D eigenvalue weighted by Gasteiger charge is -2.36. The Bertz CT molecular complexity index is 1320. The van der Waals surface area contributed by atoms with Gasteiger partial charge in [0.15, 0.2) is 0 Å². The fraction of sp³-hybridized carbons (Fsp3) is 0.296. The zero-order chi connectivity index (χ0) is 24.4. The van der Waals surface area contributed by atoms with Crippen LogP contribution in [0.5, 0.6) is 0 Å². The van der Waals surface area contributed by atoms with E-state index in [-0.39, 0.29) is 11.1 Å². The number of nitrogens with one attached hydrogen (secondary N) is 1. The number of halogens is 1. The highest BCUT2D eigenvalue weighted by molar-refractivity contribution is 8.18. The molecule has 0 radical (unpaired) electrons. The van der Waals surface area contributed by atoms with Crippen LogP contribution in [-0.4, -0.2) is 53.8 Å². The lowest BCUT2D eigenvalue weighted by Crippen LogP contribution is -2.46. The number of imide groups is 1. The molecule has 1 aromatic heterocycles. The fourth-order valence-electron chi connectivity index (χ4n) is 4.59. The number of rotatable bonds is 6. The maximum absolute atomic E-state index is 15.3. The summed E-state index contributed by atoms with van der Waals surface area (Å²) in [5.41, 5.74) is 3.76. The Kier molecular flexibility index (Phi) is 6.83. The number of pyridine rings is 1. The van der Waals surface area contributed by atoms with Gasteiger partial charge in [-0.15, -0.1) is 0 Å². The summed E-state index contributed by atoms with van der Waals surface area (Å²) >= 11 is 0.872. The van der Waals surface area contributed by atoms with Crippen molar-refractivity contribution in [2.24, 2.45) is 0 Å². The monoisotopic (exact) mass is 490 g/mol. The third-order valence-corrected chi connectivity index (χ3v) is 7.30. The first kappa shape index (κ1) is 23.5. The molecule has 2 saturated heterocycles. The van der Waals surface area contributed by atoms with Crippen LogP contribution in [0.25, 0.3) is 28.1 Å². The van der Waals surface area contributed by atoms with Gasteiger partial charge in [-0.05, 0) is 71.8 Å². The van der Waals surface area contributed by atoms with Crippen LogP contribution in [0.4, 0.5) is 14.9 Å². The van der Waals surface area contributed by atoms with Crippen LogP contribution in [0.1, 0.15) is 25.3 Å². The van der Waals surface area contributed by atoms with Crippen molar-refractivity contribution in [3.05, 3.63) is 64.9 Å². The Hall–Kier alpha value is -3.23. The number of benzene rings is 2. The minimum Gasteiger partial charge on any atom is -0.367 e. The molecule has 35 heavy (non-hydrogen) atoms. The van der Waals surface area contributed by atoms with Gasteiger partial charge in [-0.2, -0.15) is 0 Å². The number of anilines is 1. The molecule has 2 amide bonds. The number of carbonyl (C=O) groups is 2. The second-order valence-electron chi connectivity index (χ2n) is 8.84. The topological polar surface area (TPSA) is 65.5 Å². The van der Waals surface area contributed by atoms with Gasteiger partial charge in [-0.3, -0.25) is 24.8 Å². The molecule has 0 bridgehead atoms. The average Bonchev–Trinajstić information content (AvgIpc) is 3.18. The van der Waals surface area contributed by atoms with Gasteiger partial charge < -0.3 is 4.90 Å².